The summed E-state index contributed by atoms with van der Waals surface area (Å²) in [4.78, 5) is 0. The summed E-state index contributed by atoms with van der Waals surface area (Å²) < 4.78 is 0. The maximum Gasteiger partial charge on any atom is 0.0484 e. The molecule has 0 N–H and O–H groups in total. The first-order valence-corrected chi connectivity index (χ1v) is 5.83. The minimum Gasteiger partial charge on any atom is -0.0984 e. The lowest BCUT2D eigenvalue weighted by molar-refractivity contribution is 1.61. The molecule has 0 fully saturated rings. The molecule has 84 valence electrons. The summed E-state index contributed by atoms with van der Waals surface area (Å²) >= 11 is 6.18. The van der Waals surface area contributed by atoms with Gasteiger partial charge in [0.25, 0.3) is 0 Å². The van der Waals surface area contributed by atoms with Gasteiger partial charge < -0.3 is 0 Å². The molecule has 0 heterocycles. The summed E-state index contributed by atoms with van der Waals surface area (Å²) in [5, 5.41) is 0.745. The zero-order chi connectivity index (χ0) is 12.1. The van der Waals surface area contributed by atoms with Gasteiger partial charge in [-0.25, -0.2) is 0 Å². The van der Waals surface area contributed by atoms with Gasteiger partial charge in [0.15, 0.2) is 0 Å². The van der Waals surface area contributed by atoms with Crippen molar-refractivity contribution >= 4 is 29.8 Å². The maximum atomic E-state index is 6.18. The summed E-state index contributed by atoms with van der Waals surface area (Å²) in [6.45, 7) is 3.80. The molecule has 1 heteroatoms. The highest BCUT2D eigenvalue weighted by Crippen LogP contribution is 2.23. The Balaban J connectivity index is 2.36. The highest BCUT2D eigenvalue weighted by atomic mass is 35.5. The SMILES string of the molecule is C=Cc1cccc(Cl)c1C=Cc1ccccc1. The molecule has 0 radical (unpaired) electrons. The van der Waals surface area contributed by atoms with Crippen molar-refractivity contribution in [2.75, 3.05) is 0 Å². The molecule has 2 rings (SSSR count). The second kappa shape index (κ2) is 5.51. The van der Waals surface area contributed by atoms with Crippen LogP contribution in [0.15, 0.2) is 55.1 Å². The van der Waals surface area contributed by atoms with E-state index in [1.165, 1.54) is 0 Å². The van der Waals surface area contributed by atoms with Crippen molar-refractivity contribution in [3.63, 3.8) is 0 Å². The molecule has 0 amide bonds. The van der Waals surface area contributed by atoms with Gasteiger partial charge >= 0.3 is 0 Å². The first-order valence-electron chi connectivity index (χ1n) is 5.45. The average Bonchev–Trinajstić information content (AvgIpc) is 2.38. The minimum atomic E-state index is 0.745. The monoisotopic (exact) mass is 240 g/mol. The normalized spacial score (nSPS) is 10.6. The standard InChI is InChI=1S/C16H13Cl/c1-2-14-9-6-10-16(17)15(14)12-11-13-7-4-3-5-8-13/h2-12H,1H2. The van der Waals surface area contributed by atoms with Gasteiger partial charge in [0, 0.05) is 10.6 Å². The van der Waals surface area contributed by atoms with E-state index in [2.05, 4.69) is 18.7 Å². The van der Waals surface area contributed by atoms with E-state index in [9.17, 15) is 0 Å². The van der Waals surface area contributed by atoms with E-state index in [4.69, 9.17) is 11.6 Å². The van der Waals surface area contributed by atoms with Crippen LogP contribution in [0, 0.1) is 0 Å². The zero-order valence-electron chi connectivity index (χ0n) is 9.44. The first kappa shape index (κ1) is 11.7. The van der Waals surface area contributed by atoms with Crippen LogP contribution in [0.25, 0.3) is 18.2 Å². The topological polar surface area (TPSA) is 0 Å². The fraction of sp³-hybridized carbons (Fsp3) is 0. The summed E-state index contributed by atoms with van der Waals surface area (Å²) in [6, 6.07) is 16.0. The van der Waals surface area contributed by atoms with E-state index < -0.39 is 0 Å². The van der Waals surface area contributed by atoms with E-state index in [0.717, 1.165) is 21.7 Å². The largest absolute Gasteiger partial charge is 0.0984 e. The second-order valence-electron chi connectivity index (χ2n) is 3.69. The van der Waals surface area contributed by atoms with Gasteiger partial charge in [-0.2, -0.15) is 0 Å². The highest BCUT2D eigenvalue weighted by Gasteiger charge is 2.00. The van der Waals surface area contributed by atoms with Crippen LogP contribution in [0.1, 0.15) is 16.7 Å². The van der Waals surface area contributed by atoms with E-state index in [1.54, 1.807) is 0 Å². The van der Waals surface area contributed by atoms with Crippen molar-refractivity contribution in [2.45, 2.75) is 0 Å². The maximum absolute atomic E-state index is 6.18. The molecular formula is C16H13Cl. The van der Waals surface area contributed by atoms with Crippen LogP contribution < -0.4 is 0 Å². The van der Waals surface area contributed by atoms with E-state index in [0.29, 0.717) is 0 Å². The Morgan fingerprint density at radius 1 is 0.882 bits per heavy atom. The Hall–Kier alpha value is -1.79. The Morgan fingerprint density at radius 3 is 2.35 bits per heavy atom. The first-order chi connectivity index (χ1) is 8.31. The van der Waals surface area contributed by atoms with Crippen molar-refractivity contribution < 1.29 is 0 Å². The van der Waals surface area contributed by atoms with Gasteiger partial charge in [-0.1, -0.05) is 78.9 Å². The molecule has 0 aliphatic rings. The second-order valence-corrected chi connectivity index (χ2v) is 4.10. The minimum absolute atomic E-state index is 0.745. The quantitative estimate of drug-likeness (QED) is 0.651. The fourth-order valence-corrected chi connectivity index (χ4v) is 1.90. The highest BCUT2D eigenvalue weighted by molar-refractivity contribution is 6.32. The van der Waals surface area contributed by atoms with E-state index in [1.807, 2.05) is 54.6 Å². The summed E-state index contributed by atoms with van der Waals surface area (Å²) in [6.07, 6.45) is 5.89. The van der Waals surface area contributed by atoms with E-state index in [-0.39, 0.29) is 0 Å². The van der Waals surface area contributed by atoms with Crippen LogP contribution in [-0.2, 0) is 0 Å². The van der Waals surface area contributed by atoms with Gasteiger partial charge in [-0.05, 0) is 17.2 Å². The molecule has 0 saturated carbocycles. The molecule has 0 atom stereocenters. The third kappa shape index (κ3) is 2.86. The Bertz CT molecular complexity index is 539. The summed E-state index contributed by atoms with van der Waals surface area (Å²) in [5.74, 6) is 0. The van der Waals surface area contributed by atoms with Crippen molar-refractivity contribution in [1.82, 2.24) is 0 Å². The number of rotatable bonds is 3. The van der Waals surface area contributed by atoms with Crippen molar-refractivity contribution in [1.29, 1.82) is 0 Å². The summed E-state index contributed by atoms with van der Waals surface area (Å²) in [5.41, 5.74) is 3.21. The van der Waals surface area contributed by atoms with Crippen molar-refractivity contribution in [3.05, 3.63) is 76.8 Å². The summed E-state index contributed by atoms with van der Waals surface area (Å²) in [7, 11) is 0. The van der Waals surface area contributed by atoms with Crippen LogP contribution in [-0.4, -0.2) is 0 Å². The number of halogens is 1. The van der Waals surface area contributed by atoms with Gasteiger partial charge in [0.2, 0.25) is 0 Å². The van der Waals surface area contributed by atoms with Crippen LogP contribution in [0.4, 0.5) is 0 Å². The predicted octanol–water partition coefficient (Wildman–Crippen LogP) is 5.15. The average molecular weight is 241 g/mol. The Labute approximate surface area is 107 Å². The van der Waals surface area contributed by atoms with Gasteiger partial charge in [0.1, 0.15) is 0 Å². The van der Waals surface area contributed by atoms with Crippen LogP contribution in [0.5, 0.6) is 0 Å². The lowest BCUT2D eigenvalue weighted by Crippen LogP contribution is -1.81. The van der Waals surface area contributed by atoms with Crippen LogP contribution in [0.2, 0.25) is 5.02 Å². The number of benzene rings is 2. The zero-order valence-corrected chi connectivity index (χ0v) is 10.2. The fourth-order valence-electron chi connectivity index (χ4n) is 1.65. The third-order valence-corrected chi connectivity index (χ3v) is 2.88. The smallest absolute Gasteiger partial charge is 0.0484 e. The molecule has 2 aromatic carbocycles. The molecule has 17 heavy (non-hydrogen) atoms. The lowest BCUT2D eigenvalue weighted by Gasteiger charge is -2.03. The molecule has 0 bridgehead atoms. The predicted molar refractivity (Wildman–Crippen MR) is 76.9 cm³/mol. The molecule has 2 aromatic rings. The third-order valence-electron chi connectivity index (χ3n) is 2.55. The lowest BCUT2D eigenvalue weighted by atomic mass is 10.1. The van der Waals surface area contributed by atoms with Crippen molar-refractivity contribution in [3.8, 4) is 0 Å². The molecule has 0 saturated heterocycles. The number of hydrogen-bond acceptors (Lipinski definition) is 0. The van der Waals surface area contributed by atoms with E-state index >= 15 is 0 Å². The molecule has 0 unspecified atom stereocenters. The molecule has 0 spiro atoms. The van der Waals surface area contributed by atoms with Crippen LogP contribution in [0.3, 0.4) is 0 Å². The molecule has 0 aromatic heterocycles. The number of hydrogen-bond donors (Lipinski definition) is 0. The van der Waals surface area contributed by atoms with Gasteiger partial charge in [-0.15, -0.1) is 0 Å². The molecule has 0 aliphatic heterocycles. The van der Waals surface area contributed by atoms with Gasteiger partial charge in [0.05, 0.1) is 0 Å². The van der Waals surface area contributed by atoms with Crippen molar-refractivity contribution in [2.24, 2.45) is 0 Å². The molecule has 0 aliphatic carbocycles. The van der Waals surface area contributed by atoms with Gasteiger partial charge in [-0.3, -0.25) is 0 Å². The molecular weight excluding hydrogens is 228 g/mol. The Morgan fingerprint density at radius 2 is 1.65 bits per heavy atom. The van der Waals surface area contributed by atoms with Crippen LogP contribution >= 0.6 is 11.6 Å². The Kier molecular flexibility index (Phi) is 3.79. The molecule has 0 nitrogen and oxygen atoms in total.